The van der Waals surface area contributed by atoms with Crippen molar-refractivity contribution in [2.75, 3.05) is 6.61 Å². The molecule has 154 valence electrons. The molecule has 2 aromatic heterocycles. The number of rotatable bonds is 8. The monoisotopic (exact) mass is 391 g/mol. The lowest BCUT2D eigenvalue weighted by Crippen LogP contribution is -2.24. The summed E-state index contributed by atoms with van der Waals surface area (Å²) in [5.41, 5.74) is 1.19. The van der Waals surface area contributed by atoms with Crippen molar-refractivity contribution in [2.24, 2.45) is 0 Å². The molecule has 0 unspecified atom stereocenters. The fourth-order valence-corrected chi connectivity index (χ4v) is 2.80. The van der Waals surface area contributed by atoms with Gasteiger partial charge in [-0.15, -0.1) is 0 Å². The highest BCUT2D eigenvalue weighted by Crippen LogP contribution is 2.24. The number of ether oxygens (including phenoxy) is 2. The van der Waals surface area contributed by atoms with Gasteiger partial charge in [0.1, 0.15) is 17.1 Å². The molecule has 2 heterocycles. The highest BCUT2D eigenvalue weighted by atomic mass is 16.6. The molecule has 9 nitrogen and oxygen atoms in total. The third-order valence-corrected chi connectivity index (χ3v) is 3.85. The molecule has 0 aliphatic heterocycles. The lowest BCUT2D eigenvalue weighted by atomic mass is 10.1. The summed E-state index contributed by atoms with van der Waals surface area (Å²) in [6.45, 7) is 11.8. The number of hydrogen-bond donors (Lipinski definition) is 3. The van der Waals surface area contributed by atoms with Crippen molar-refractivity contribution in [1.82, 2.24) is 25.5 Å². The minimum atomic E-state index is -0.640. The summed E-state index contributed by atoms with van der Waals surface area (Å²) in [6.07, 6.45) is 0.485. The Kier molecular flexibility index (Phi) is 6.95. The molecule has 0 radical (unpaired) electrons. The summed E-state index contributed by atoms with van der Waals surface area (Å²) in [4.78, 5) is 32.5. The van der Waals surface area contributed by atoms with E-state index in [-0.39, 0.29) is 12.3 Å². The van der Waals surface area contributed by atoms with Gasteiger partial charge in [-0.25, -0.2) is 14.6 Å². The van der Waals surface area contributed by atoms with Gasteiger partial charge in [0.2, 0.25) is 0 Å². The van der Waals surface area contributed by atoms with E-state index in [0.717, 1.165) is 5.82 Å². The van der Waals surface area contributed by atoms with E-state index in [1.165, 1.54) is 0 Å². The summed E-state index contributed by atoms with van der Waals surface area (Å²) >= 11 is 0. The molecule has 0 fully saturated rings. The van der Waals surface area contributed by atoms with E-state index in [4.69, 9.17) is 9.47 Å². The molecule has 0 saturated heterocycles. The molecule has 3 N–H and O–H groups in total. The van der Waals surface area contributed by atoms with E-state index in [1.54, 1.807) is 27.7 Å². The number of aryl methyl sites for hydroxylation is 1. The van der Waals surface area contributed by atoms with Crippen molar-refractivity contribution in [3.63, 3.8) is 0 Å². The number of carbonyl (C=O) groups is 2. The highest BCUT2D eigenvalue weighted by Gasteiger charge is 2.29. The summed E-state index contributed by atoms with van der Waals surface area (Å²) in [5, 5.41) is 10.0. The average Bonchev–Trinajstić information content (AvgIpc) is 3.17. The fourth-order valence-electron chi connectivity index (χ4n) is 2.80. The second-order valence-corrected chi connectivity index (χ2v) is 7.35. The largest absolute Gasteiger partial charge is 0.462 e. The first-order valence-corrected chi connectivity index (χ1v) is 9.39. The molecule has 0 spiro atoms. The van der Waals surface area contributed by atoms with Crippen LogP contribution >= 0.6 is 0 Å². The van der Waals surface area contributed by atoms with Crippen molar-refractivity contribution in [3.05, 3.63) is 34.2 Å². The van der Waals surface area contributed by atoms with Gasteiger partial charge in [0, 0.05) is 12.2 Å². The molecule has 0 bridgehead atoms. The molecule has 2 aromatic rings. The van der Waals surface area contributed by atoms with E-state index in [1.807, 2.05) is 13.8 Å². The predicted octanol–water partition coefficient (Wildman–Crippen LogP) is 2.43. The Bertz CT molecular complexity index is 832. The molecule has 9 heteroatoms. The number of carbonyl (C=O) groups excluding carboxylic acids is 2. The van der Waals surface area contributed by atoms with Crippen LogP contribution in [0.15, 0.2) is 0 Å². The van der Waals surface area contributed by atoms with Crippen molar-refractivity contribution in [2.45, 2.75) is 66.7 Å². The second-order valence-electron chi connectivity index (χ2n) is 7.35. The lowest BCUT2D eigenvalue weighted by molar-refractivity contribution is 0.00621. The Morgan fingerprint density at radius 2 is 1.86 bits per heavy atom. The van der Waals surface area contributed by atoms with Crippen molar-refractivity contribution >= 4 is 11.9 Å². The molecule has 0 atom stereocenters. The number of nitrogens with one attached hydrogen (secondary N) is 3. The van der Waals surface area contributed by atoms with Gasteiger partial charge < -0.3 is 19.8 Å². The third kappa shape index (κ3) is 5.41. The van der Waals surface area contributed by atoms with E-state index in [9.17, 15) is 9.59 Å². The van der Waals surface area contributed by atoms with Crippen LogP contribution in [0.2, 0.25) is 0 Å². The quantitative estimate of drug-likeness (QED) is 0.591. The first-order valence-electron chi connectivity index (χ1n) is 9.39. The van der Waals surface area contributed by atoms with Crippen LogP contribution < -0.4 is 5.32 Å². The van der Waals surface area contributed by atoms with Crippen LogP contribution in [0, 0.1) is 6.92 Å². The molecule has 2 rings (SSSR count). The zero-order valence-electron chi connectivity index (χ0n) is 17.4. The van der Waals surface area contributed by atoms with Gasteiger partial charge in [-0.05, 0) is 46.6 Å². The van der Waals surface area contributed by atoms with Crippen LogP contribution in [-0.2, 0) is 29.0 Å². The maximum Gasteiger partial charge on any atom is 0.355 e. The van der Waals surface area contributed by atoms with Crippen LogP contribution in [0.1, 0.15) is 78.4 Å². The number of aromatic amines is 2. The van der Waals surface area contributed by atoms with Crippen molar-refractivity contribution < 1.29 is 19.1 Å². The van der Waals surface area contributed by atoms with Crippen LogP contribution in [-0.4, -0.2) is 44.3 Å². The number of H-pyrrole nitrogens is 2. The Morgan fingerprint density at radius 1 is 1.14 bits per heavy atom. The smallest absolute Gasteiger partial charge is 0.355 e. The Balaban J connectivity index is 2.30. The van der Waals surface area contributed by atoms with Gasteiger partial charge in [0.25, 0.3) is 0 Å². The van der Waals surface area contributed by atoms with Crippen LogP contribution in [0.4, 0.5) is 0 Å². The first-order chi connectivity index (χ1) is 13.2. The van der Waals surface area contributed by atoms with Crippen LogP contribution in [0.3, 0.4) is 0 Å². The van der Waals surface area contributed by atoms with Gasteiger partial charge in [-0.2, -0.15) is 5.10 Å². The molecular weight excluding hydrogens is 362 g/mol. The molecule has 0 saturated carbocycles. The number of aromatic nitrogens is 4. The van der Waals surface area contributed by atoms with Crippen molar-refractivity contribution in [3.8, 4) is 0 Å². The summed E-state index contributed by atoms with van der Waals surface area (Å²) in [5.74, 6) is 0.385. The van der Waals surface area contributed by atoms with E-state index >= 15 is 0 Å². The minimum Gasteiger partial charge on any atom is -0.462 e. The lowest BCUT2D eigenvalue weighted by Gasteiger charge is -2.19. The van der Waals surface area contributed by atoms with E-state index in [2.05, 4.69) is 25.5 Å². The highest BCUT2D eigenvalue weighted by molar-refractivity contribution is 5.98. The average molecular weight is 391 g/mol. The Morgan fingerprint density at radius 3 is 2.39 bits per heavy atom. The van der Waals surface area contributed by atoms with Gasteiger partial charge in [-0.3, -0.25) is 5.10 Å². The maximum absolute atomic E-state index is 12.6. The van der Waals surface area contributed by atoms with Gasteiger partial charge >= 0.3 is 11.9 Å². The second kappa shape index (κ2) is 9.01. The summed E-state index contributed by atoms with van der Waals surface area (Å²) < 4.78 is 10.7. The first kappa shape index (κ1) is 21.6. The zero-order valence-corrected chi connectivity index (χ0v) is 17.4. The van der Waals surface area contributed by atoms with Crippen LogP contribution in [0.25, 0.3) is 0 Å². The SMILES string of the molecule is CCOC(=O)c1c(CNCc2n[nH]c(C)n2)[nH]c(C(=O)OC(C)(C)C)c1CC. The van der Waals surface area contributed by atoms with Gasteiger partial charge in [0.05, 0.1) is 18.7 Å². The molecule has 0 amide bonds. The Labute approximate surface area is 164 Å². The normalized spacial score (nSPS) is 11.5. The molecule has 0 aromatic carbocycles. The molecule has 28 heavy (non-hydrogen) atoms. The van der Waals surface area contributed by atoms with Gasteiger partial charge in [-0.1, -0.05) is 6.92 Å². The standard InChI is InChI=1S/C19H29N5O4/c1-7-12-15(17(25)27-8-2)13(9-20-10-14-21-11(3)23-24-14)22-16(12)18(26)28-19(4,5)6/h20,22H,7-10H2,1-6H3,(H,21,23,24). The number of esters is 2. The zero-order chi connectivity index (χ0) is 20.9. The number of nitrogens with zero attached hydrogens (tertiary/aromatic N) is 2. The van der Waals surface area contributed by atoms with E-state index < -0.39 is 17.5 Å². The molecule has 0 aliphatic rings. The van der Waals surface area contributed by atoms with Crippen LogP contribution in [0.5, 0.6) is 0 Å². The van der Waals surface area contributed by atoms with E-state index in [0.29, 0.717) is 42.2 Å². The topological polar surface area (TPSA) is 122 Å². The van der Waals surface area contributed by atoms with Crippen molar-refractivity contribution in [1.29, 1.82) is 0 Å². The Hall–Kier alpha value is -2.68. The minimum absolute atomic E-state index is 0.248. The molecule has 0 aliphatic carbocycles. The number of hydrogen-bond acceptors (Lipinski definition) is 7. The molecular formula is C19H29N5O4. The third-order valence-electron chi connectivity index (χ3n) is 3.85. The summed E-state index contributed by atoms with van der Waals surface area (Å²) in [7, 11) is 0. The van der Waals surface area contributed by atoms with Gasteiger partial charge in [0.15, 0.2) is 5.82 Å². The summed E-state index contributed by atoms with van der Waals surface area (Å²) in [6, 6.07) is 0. The fraction of sp³-hybridized carbons (Fsp3) is 0.579. The predicted molar refractivity (Wildman–Crippen MR) is 103 cm³/mol. The maximum atomic E-state index is 12.6.